The van der Waals surface area contributed by atoms with Crippen LogP contribution in [0, 0.1) is 0 Å². The summed E-state index contributed by atoms with van der Waals surface area (Å²) in [4.78, 5) is 9.55. The monoisotopic (exact) mass is 296 g/mol. The van der Waals surface area contributed by atoms with E-state index in [-0.39, 0.29) is 6.10 Å². The highest BCUT2D eigenvalue weighted by Crippen LogP contribution is 2.17. The number of hydrogen-bond acceptors (Lipinski definition) is 4. The predicted molar refractivity (Wildman–Crippen MR) is 69.0 cm³/mol. The Kier molecular flexibility index (Phi) is 4.28. The second-order valence-electron chi connectivity index (χ2n) is 3.66. The van der Waals surface area contributed by atoms with Crippen LogP contribution < -0.4 is 0 Å². The van der Waals surface area contributed by atoms with Gasteiger partial charge < -0.3 is 9.57 Å². The van der Waals surface area contributed by atoms with Crippen molar-refractivity contribution in [2.75, 3.05) is 13.2 Å². The fraction of sp³-hybridized carbons (Fsp3) is 0.333. The van der Waals surface area contributed by atoms with Crippen molar-refractivity contribution in [2.24, 2.45) is 5.16 Å². The smallest absolute Gasteiger partial charge is 0.156 e. The number of rotatable bonds is 5. The molecule has 0 radical (unpaired) electrons. The first kappa shape index (κ1) is 12.3. The highest BCUT2D eigenvalue weighted by molar-refractivity contribution is 9.10. The van der Waals surface area contributed by atoms with Gasteiger partial charge in [-0.2, -0.15) is 0 Å². The van der Waals surface area contributed by atoms with Crippen molar-refractivity contribution in [3.63, 3.8) is 0 Å². The van der Waals surface area contributed by atoms with E-state index in [0.29, 0.717) is 13.2 Å². The maximum atomic E-state index is 5.33. The highest BCUT2D eigenvalue weighted by atomic mass is 79.9. The zero-order valence-electron chi connectivity index (χ0n) is 9.30. The Balaban J connectivity index is 1.88. The first-order valence-electron chi connectivity index (χ1n) is 5.33. The molecule has 0 aromatic carbocycles. The Morgan fingerprint density at radius 2 is 2.47 bits per heavy atom. The minimum absolute atomic E-state index is 0.0182. The second kappa shape index (κ2) is 5.93. The number of halogens is 1. The van der Waals surface area contributed by atoms with E-state index in [4.69, 9.17) is 9.57 Å². The van der Waals surface area contributed by atoms with Crippen molar-refractivity contribution >= 4 is 21.6 Å². The summed E-state index contributed by atoms with van der Waals surface area (Å²) in [5.74, 6) is 0. The van der Waals surface area contributed by atoms with Gasteiger partial charge in [0.25, 0.3) is 0 Å². The molecule has 0 saturated carbocycles. The summed E-state index contributed by atoms with van der Waals surface area (Å²) in [6, 6.07) is 3.85. The maximum absolute atomic E-state index is 5.33. The average molecular weight is 297 g/mol. The van der Waals surface area contributed by atoms with E-state index in [1.807, 2.05) is 12.1 Å². The number of oxime groups is 1. The van der Waals surface area contributed by atoms with Crippen LogP contribution in [0.3, 0.4) is 0 Å². The Bertz CT molecular complexity index is 417. The van der Waals surface area contributed by atoms with Crippen LogP contribution in [-0.2, 0) is 9.57 Å². The van der Waals surface area contributed by atoms with Crippen molar-refractivity contribution in [2.45, 2.75) is 12.5 Å². The summed E-state index contributed by atoms with van der Waals surface area (Å²) >= 11 is 3.34. The van der Waals surface area contributed by atoms with Gasteiger partial charge in [-0.15, -0.1) is 6.58 Å². The quantitative estimate of drug-likeness (QED) is 0.619. The Hall–Kier alpha value is -1.20. The lowest BCUT2D eigenvalue weighted by molar-refractivity contribution is 0.0111. The van der Waals surface area contributed by atoms with Crippen LogP contribution in [-0.4, -0.2) is 30.0 Å². The molecule has 0 spiro atoms. The van der Waals surface area contributed by atoms with Gasteiger partial charge in [-0.1, -0.05) is 11.2 Å². The standard InChI is InChI=1S/C12H13BrN2O2/c1-2-5-16-8-10-6-12(15-17-10)11-4-3-9(13)7-14-11/h2-4,7,10H,1,5-6,8H2/t10-/m0/s1. The van der Waals surface area contributed by atoms with E-state index in [1.165, 1.54) is 0 Å². The fourth-order valence-electron chi connectivity index (χ4n) is 1.50. The van der Waals surface area contributed by atoms with Gasteiger partial charge in [0.15, 0.2) is 6.10 Å². The Morgan fingerprint density at radius 1 is 1.59 bits per heavy atom. The predicted octanol–water partition coefficient (Wildman–Crippen LogP) is 2.54. The minimum Gasteiger partial charge on any atom is -0.389 e. The molecule has 90 valence electrons. The van der Waals surface area contributed by atoms with Gasteiger partial charge in [0.1, 0.15) is 5.71 Å². The third-order valence-corrected chi connectivity index (χ3v) is 2.76. The Morgan fingerprint density at radius 3 is 3.18 bits per heavy atom. The lowest BCUT2D eigenvalue weighted by Gasteiger charge is -2.06. The molecule has 1 aromatic heterocycles. The molecule has 1 atom stereocenters. The van der Waals surface area contributed by atoms with Crippen LogP contribution >= 0.6 is 15.9 Å². The van der Waals surface area contributed by atoms with Crippen molar-refractivity contribution in [3.05, 3.63) is 41.2 Å². The van der Waals surface area contributed by atoms with Gasteiger partial charge in [-0.05, 0) is 28.1 Å². The van der Waals surface area contributed by atoms with Crippen molar-refractivity contribution < 1.29 is 9.57 Å². The van der Waals surface area contributed by atoms with Crippen LogP contribution in [0.2, 0.25) is 0 Å². The molecule has 0 fully saturated rings. The lowest BCUT2D eigenvalue weighted by Crippen LogP contribution is -2.16. The normalized spacial score (nSPS) is 18.6. The molecule has 17 heavy (non-hydrogen) atoms. The molecule has 2 heterocycles. The van der Waals surface area contributed by atoms with E-state index in [9.17, 15) is 0 Å². The summed E-state index contributed by atoms with van der Waals surface area (Å²) in [5.41, 5.74) is 1.71. The summed E-state index contributed by atoms with van der Waals surface area (Å²) < 4.78 is 6.28. The molecule has 2 rings (SSSR count). The van der Waals surface area contributed by atoms with E-state index < -0.39 is 0 Å². The maximum Gasteiger partial charge on any atom is 0.156 e. The highest BCUT2D eigenvalue weighted by Gasteiger charge is 2.22. The number of hydrogen-bond donors (Lipinski definition) is 0. The zero-order chi connectivity index (χ0) is 12.1. The van der Waals surface area contributed by atoms with Crippen LogP contribution in [0.25, 0.3) is 0 Å². The number of aromatic nitrogens is 1. The van der Waals surface area contributed by atoms with Gasteiger partial charge in [0.2, 0.25) is 0 Å². The summed E-state index contributed by atoms with van der Waals surface area (Å²) in [7, 11) is 0. The molecule has 4 nitrogen and oxygen atoms in total. The van der Waals surface area contributed by atoms with E-state index in [2.05, 4.69) is 32.6 Å². The largest absolute Gasteiger partial charge is 0.389 e. The number of pyridine rings is 1. The van der Waals surface area contributed by atoms with Crippen molar-refractivity contribution in [1.82, 2.24) is 4.98 Å². The van der Waals surface area contributed by atoms with Gasteiger partial charge in [0, 0.05) is 17.1 Å². The van der Waals surface area contributed by atoms with E-state index in [0.717, 1.165) is 22.3 Å². The van der Waals surface area contributed by atoms with Gasteiger partial charge in [-0.25, -0.2) is 0 Å². The second-order valence-corrected chi connectivity index (χ2v) is 4.57. The summed E-state index contributed by atoms with van der Waals surface area (Å²) in [6.07, 6.45) is 4.17. The molecule has 1 aliphatic heterocycles. The average Bonchev–Trinajstić information content (AvgIpc) is 2.79. The van der Waals surface area contributed by atoms with Crippen LogP contribution in [0.15, 0.2) is 40.6 Å². The third-order valence-electron chi connectivity index (χ3n) is 2.30. The van der Waals surface area contributed by atoms with Crippen LogP contribution in [0.4, 0.5) is 0 Å². The molecular weight excluding hydrogens is 284 g/mol. The fourth-order valence-corrected chi connectivity index (χ4v) is 1.73. The minimum atomic E-state index is -0.0182. The van der Waals surface area contributed by atoms with Crippen LogP contribution in [0.1, 0.15) is 12.1 Å². The molecule has 0 bridgehead atoms. The van der Waals surface area contributed by atoms with E-state index in [1.54, 1.807) is 12.3 Å². The zero-order valence-corrected chi connectivity index (χ0v) is 10.9. The molecule has 5 heteroatoms. The van der Waals surface area contributed by atoms with Gasteiger partial charge in [-0.3, -0.25) is 4.98 Å². The molecule has 1 aromatic rings. The van der Waals surface area contributed by atoms with Gasteiger partial charge >= 0.3 is 0 Å². The first-order valence-corrected chi connectivity index (χ1v) is 6.12. The molecule has 0 saturated heterocycles. The molecular formula is C12H13BrN2O2. The Labute approximate surface area is 108 Å². The SMILES string of the molecule is C=CCOC[C@@H]1CC(c2ccc(Br)cn2)=NO1. The third kappa shape index (κ3) is 3.38. The molecule has 1 aliphatic rings. The topological polar surface area (TPSA) is 43.7 Å². The number of ether oxygens (including phenoxy) is 1. The van der Waals surface area contributed by atoms with Crippen LogP contribution in [0.5, 0.6) is 0 Å². The molecule has 0 aliphatic carbocycles. The van der Waals surface area contributed by atoms with E-state index >= 15 is 0 Å². The summed E-state index contributed by atoms with van der Waals surface area (Å²) in [5, 5.41) is 4.03. The molecule has 0 amide bonds. The molecule has 0 unspecified atom stereocenters. The first-order chi connectivity index (χ1) is 8.29. The lowest BCUT2D eigenvalue weighted by atomic mass is 10.1. The number of nitrogens with zero attached hydrogens (tertiary/aromatic N) is 2. The van der Waals surface area contributed by atoms with Crippen molar-refractivity contribution in [3.8, 4) is 0 Å². The van der Waals surface area contributed by atoms with Gasteiger partial charge in [0.05, 0.1) is 18.9 Å². The summed E-state index contributed by atoms with van der Waals surface area (Å²) in [6.45, 7) is 4.64. The molecule has 0 N–H and O–H groups in total. The van der Waals surface area contributed by atoms with Crippen molar-refractivity contribution in [1.29, 1.82) is 0 Å².